The quantitative estimate of drug-likeness (QED) is 0.317. The fraction of sp³-hybridized carbons (Fsp3) is 0.333. The number of carbonyl (C=O) groups is 4. The highest BCUT2D eigenvalue weighted by molar-refractivity contribution is 6.23. The second-order valence-corrected chi connectivity index (χ2v) is 10.1. The summed E-state index contributed by atoms with van der Waals surface area (Å²) in [6.07, 6.45) is 1.09. The zero-order valence-electron chi connectivity index (χ0n) is 21.6. The number of nitrogens with one attached hydrogen (secondary N) is 2. The molecule has 1 aliphatic heterocycles. The lowest BCUT2D eigenvalue weighted by molar-refractivity contribution is -0.140. The van der Waals surface area contributed by atoms with Gasteiger partial charge in [0.25, 0.3) is 11.8 Å². The summed E-state index contributed by atoms with van der Waals surface area (Å²) < 4.78 is 0. The van der Waals surface area contributed by atoms with Crippen LogP contribution in [0.5, 0.6) is 0 Å². The fourth-order valence-electron chi connectivity index (χ4n) is 4.78. The molecule has 0 spiro atoms. The highest BCUT2D eigenvalue weighted by Crippen LogP contribution is 2.28. The van der Waals surface area contributed by atoms with E-state index in [9.17, 15) is 24.3 Å². The smallest absolute Gasteiger partial charge is 0.320 e. The third-order valence-corrected chi connectivity index (χ3v) is 6.76. The molecule has 1 unspecified atom stereocenters. The average molecular weight is 516 g/mol. The minimum atomic E-state index is -1.14. The summed E-state index contributed by atoms with van der Waals surface area (Å²) in [5.41, 5.74) is 1.74. The average Bonchev–Trinajstić information content (AvgIpc) is 3.13. The first-order chi connectivity index (χ1) is 18.2. The monoisotopic (exact) mass is 515 g/mol. The summed E-state index contributed by atoms with van der Waals surface area (Å²) in [5.74, 6) is -2.13. The Bertz CT molecular complexity index is 1280. The van der Waals surface area contributed by atoms with E-state index in [0.29, 0.717) is 30.5 Å². The summed E-state index contributed by atoms with van der Waals surface area (Å²) in [5, 5.41) is 17.5. The molecule has 38 heavy (non-hydrogen) atoms. The number of carbonyl (C=O) groups excluding carboxylic acids is 3. The zero-order chi connectivity index (χ0) is 27.2. The van der Waals surface area contributed by atoms with E-state index >= 15 is 0 Å². The molecule has 0 aromatic heterocycles. The van der Waals surface area contributed by atoms with Gasteiger partial charge in [-0.15, -0.1) is 0 Å². The van der Waals surface area contributed by atoms with Crippen molar-refractivity contribution in [3.8, 4) is 0 Å². The Morgan fingerprint density at radius 1 is 0.868 bits per heavy atom. The van der Waals surface area contributed by atoms with Crippen LogP contribution in [0.3, 0.4) is 0 Å². The fourth-order valence-corrected chi connectivity index (χ4v) is 4.78. The van der Waals surface area contributed by atoms with Gasteiger partial charge in [0.05, 0.1) is 17.2 Å². The summed E-state index contributed by atoms with van der Waals surface area (Å²) in [4.78, 5) is 52.2. The van der Waals surface area contributed by atoms with Gasteiger partial charge in [-0.1, -0.05) is 68.4 Å². The number of imide groups is 1. The number of hydrogen-bond donors (Lipinski definition) is 3. The van der Waals surface area contributed by atoms with Gasteiger partial charge in [0.2, 0.25) is 5.91 Å². The van der Waals surface area contributed by atoms with Gasteiger partial charge < -0.3 is 10.4 Å². The van der Waals surface area contributed by atoms with E-state index < -0.39 is 29.9 Å². The third-order valence-electron chi connectivity index (χ3n) is 6.76. The van der Waals surface area contributed by atoms with Gasteiger partial charge in [0.1, 0.15) is 6.04 Å². The van der Waals surface area contributed by atoms with Crippen LogP contribution in [-0.4, -0.2) is 58.9 Å². The first-order valence-electron chi connectivity index (χ1n) is 12.9. The van der Waals surface area contributed by atoms with Crippen molar-refractivity contribution in [3.63, 3.8) is 0 Å². The zero-order valence-corrected chi connectivity index (χ0v) is 21.6. The van der Waals surface area contributed by atoms with Crippen LogP contribution in [0.25, 0.3) is 10.8 Å². The Kier molecular flexibility index (Phi) is 8.53. The molecule has 2 atom stereocenters. The van der Waals surface area contributed by atoms with Crippen molar-refractivity contribution in [1.82, 2.24) is 15.5 Å². The van der Waals surface area contributed by atoms with Crippen LogP contribution in [0.15, 0.2) is 66.7 Å². The molecule has 0 saturated carbocycles. The van der Waals surface area contributed by atoms with Crippen molar-refractivity contribution in [1.29, 1.82) is 0 Å². The molecule has 3 amide bonds. The number of fused-ring (bicyclic) bond motifs is 2. The van der Waals surface area contributed by atoms with Crippen molar-refractivity contribution in [2.75, 3.05) is 13.1 Å². The van der Waals surface area contributed by atoms with E-state index in [4.69, 9.17) is 0 Å². The predicted molar refractivity (Wildman–Crippen MR) is 145 cm³/mol. The maximum absolute atomic E-state index is 13.0. The normalized spacial score (nSPS) is 14.6. The van der Waals surface area contributed by atoms with E-state index in [1.165, 1.54) is 0 Å². The second kappa shape index (κ2) is 12.0. The van der Waals surface area contributed by atoms with Crippen molar-refractivity contribution >= 4 is 34.5 Å². The topological polar surface area (TPSA) is 116 Å². The molecular weight excluding hydrogens is 482 g/mol. The molecule has 1 aliphatic rings. The molecule has 1 heterocycles. The Balaban J connectivity index is 1.40. The van der Waals surface area contributed by atoms with Crippen LogP contribution in [0, 0.1) is 5.92 Å². The van der Waals surface area contributed by atoms with Crippen molar-refractivity contribution in [2.45, 2.75) is 45.2 Å². The van der Waals surface area contributed by atoms with Crippen LogP contribution in [0.1, 0.15) is 53.0 Å². The number of nitrogens with zero attached hydrogens (tertiary/aromatic N) is 1. The van der Waals surface area contributed by atoms with Crippen LogP contribution in [-0.2, 0) is 16.0 Å². The molecule has 3 N–H and O–H groups in total. The van der Waals surface area contributed by atoms with E-state index in [0.717, 1.165) is 21.2 Å². The first kappa shape index (κ1) is 27.0. The first-order valence-corrected chi connectivity index (χ1v) is 12.9. The van der Waals surface area contributed by atoms with E-state index in [-0.39, 0.29) is 24.8 Å². The van der Waals surface area contributed by atoms with Gasteiger partial charge in [0, 0.05) is 13.1 Å². The molecule has 0 bridgehead atoms. The van der Waals surface area contributed by atoms with Crippen LogP contribution >= 0.6 is 0 Å². The summed E-state index contributed by atoms with van der Waals surface area (Å²) >= 11 is 0. The number of aliphatic carboxylic acids is 1. The van der Waals surface area contributed by atoms with Crippen molar-refractivity contribution < 1.29 is 24.3 Å². The number of hydrogen-bond acceptors (Lipinski definition) is 5. The van der Waals surface area contributed by atoms with Crippen LogP contribution in [0.4, 0.5) is 0 Å². The van der Waals surface area contributed by atoms with Gasteiger partial charge in [0.15, 0.2) is 0 Å². The number of benzene rings is 3. The molecule has 0 aliphatic carbocycles. The van der Waals surface area contributed by atoms with Gasteiger partial charge >= 0.3 is 5.97 Å². The Morgan fingerprint density at radius 2 is 1.45 bits per heavy atom. The molecule has 3 aromatic carbocycles. The van der Waals surface area contributed by atoms with Crippen LogP contribution in [0.2, 0.25) is 0 Å². The van der Waals surface area contributed by atoms with Crippen LogP contribution < -0.4 is 10.6 Å². The molecule has 8 heteroatoms. The van der Waals surface area contributed by atoms with Crippen molar-refractivity contribution in [2.24, 2.45) is 5.92 Å². The van der Waals surface area contributed by atoms with E-state index in [2.05, 4.69) is 10.6 Å². The lowest BCUT2D eigenvalue weighted by atomic mass is 10.0. The van der Waals surface area contributed by atoms with Gasteiger partial charge in [-0.3, -0.25) is 29.4 Å². The molecular formula is C30H33N3O5. The Hall–Kier alpha value is -4.04. The summed E-state index contributed by atoms with van der Waals surface area (Å²) in [6, 6.07) is 18.8. The molecule has 8 nitrogen and oxygen atoms in total. The minimum Gasteiger partial charge on any atom is -0.480 e. The van der Waals surface area contributed by atoms with E-state index in [1.54, 1.807) is 12.1 Å². The van der Waals surface area contributed by atoms with Gasteiger partial charge in [-0.05, 0) is 53.6 Å². The Morgan fingerprint density at radius 3 is 2.00 bits per heavy atom. The minimum absolute atomic E-state index is 0.0216. The standard InChI is InChI=1S/C30H33N3O5/c1-19(2)16-26(27(34)31-14-12-20-8-4-3-5-9-20)32-25(30(37)38)13-15-33-28(35)23-17-21-10-6-7-11-22(21)18-24(23)29(33)36/h3-11,17-19,25-26,32H,12-16H2,1-2H3,(H,31,34)(H,37,38)/t25?,26-/m1/s1. The predicted octanol–water partition coefficient (Wildman–Crippen LogP) is 3.64. The number of carboxylic acid groups (broad SMARTS) is 1. The van der Waals surface area contributed by atoms with E-state index in [1.807, 2.05) is 68.4 Å². The highest BCUT2D eigenvalue weighted by Gasteiger charge is 2.37. The largest absolute Gasteiger partial charge is 0.480 e. The second-order valence-electron chi connectivity index (χ2n) is 10.1. The molecule has 4 rings (SSSR count). The van der Waals surface area contributed by atoms with Gasteiger partial charge in [-0.25, -0.2) is 0 Å². The molecule has 0 fully saturated rings. The van der Waals surface area contributed by atoms with Crippen molar-refractivity contribution in [3.05, 3.63) is 83.4 Å². The summed E-state index contributed by atoms with van der Waals surface area (Å²) in [7, 11) is 0. The van der Waals surface area contributed by atoms with Gasteiger partial charge in [-0.2, -0.15) is 0 Å². The number of rotatable bonds is 12. The maximum Gasteiger partial charge on any atom is 0.320 e. The maximum atomic E-state index is 13.0. The molecule has 0 radical (unpaired) electrons. The lowest BCUT2D eigenvalue weighted by Crippen LogP contribution is -2.52. The lowest BCUT2D eigenvalue weighted by Gasteiger charge is -2.25. The third kappa shape index (κ3) is 6.26. The summed E-state index contributed by atoms with van der Waals surface area (Å²) in [6.45, 7) is 4.28. The number of amides is 3. The molecule has 3 aromatic rings. The SMILES string of the molecule is CC(C)C[C@@H](NC(CCN1C(=O)c2cc3ccccc3cc2C1=O)C(=O)O)C(=O)NCCc1ccccc1. The Labute approximate surface area is 222 Å². The molecule has 198 valence electrons. The molecule has 0 saturated heterocycles. The number of carboxylic acids is 1. The highest BCUT2D eigenvalue weighted by atomic mass is 16.4.